The van der Waals surface area contributed by atoms with Crippen LogP contribution in [0.5, 0.6) is 0 Å². The van der Waals surface area contributed by atoms with Gasteiger partial charge in [0.1, 0.15) is 0 Å². The summed E-state index contributed by atoms with van der Waals surface area (Å²) < 4.78 is 23.7. The minimum absolute atomic E-state index is 0.0608. The number of para-hydroxylation sites is 1. The van der Waals surface area contributed by atoms with Crippen LogP contribution in [-0.4, -0.2) is 30.8 Å². The monoisotopic (exact) mass is 310 g/mol. The van der Waals surface area contributed by atoms with Crippen molar-refractivity contribution in [3.05, 3.63) is 24.3 Å². The predicted molar refractivity (Wildman–Crippen MR) is 79.6 cm³/mol. The molecule has 5 nitrogen and oxygen atoms in total. The Labute approximate surface area is 120 Å². The first-order valence-electron chi connectivity index (χ1n) is 6.38. The van der Waals surface area contributed by atoms with E-state index in [1.807, 2.05) is 24.3 Å². The molecule has 1 aromatic heterocycles. The van der Waals surface area contributed by atoms with Crippen LogP contribution in [0.3, 0.4) is 0 Å². The maximum absolute atomic E-state index is 11.9. The molecule has 0 aliphatic carbocycles. The zero-order chi connectivity index (χ0) is 14.2. The Hall–Kier alpha value is -1.47. The van der Waals surface area contributed by atoms with Crippen LogP contribution in [0, 0.1) is 5.92 Å². The van der Waals surface area contributed by atoms with E-state index in [4.69, 9.17) is 0 Å². The molecule has 2 heterocycles. The SMILES string of the molecule is O=C(CC1CCS(=O)(=O)C1)Nc1nc2ccccc2s1. The highest BCUT2D eigenvalue weighted by Gasteiger charge is 2.29. The van der Waals surface area contributed by atoms with Crippen LogP contribution < -0.4 is 5.32 Å². The average molecular weight is 310 g/mol. The van der Waals surface area contributed by atoms with E-state index in [1.165, 1.54) is 11.3 Å². The zero-order valence-corrected chi connectivity index (χ0v) is 12.3. The fourth-order valence-electron chi connectivity index (χ4n) is 2.39. The van der Waals surface area contributed by atoms with E-state index in [9.17, 15) is 13.2 Å². The van der Waals surface area contributed by atoms with E-state index < -0.39 is 9.84 Å². The Morgan fingerprint density at radius 2 is 2.20 bits per heavy atom. The molecule has 1 aliphatic rings. The number of sulfone groups is 1. The number of nitrogens with one attached hydrogen (secondary N) is 1. The number of carbonyl (C=O) groups excluding carboxylic acids is 1. The summed E-state index contributed by atoms with van der Waals surface area (Å²) >= 11 is 1.42. The lowest BCUT2D eigenvalue weighted by molar-refractivity contribution is -0.116. The second-order valence-corrected chi connectivity index (χ2v) is 8.27. The molecule has 1 aliphatic heterocycles. The van der Waals surface area contributed by atoms with Gasteiger partial charge in [-0.2, -0.15) is 0 Å². The van der Waals surface area contributed by atoms with Gasteiger partial charge in [0.2, 0.25) is 5.91 Å². The highest BCUT2D eigenvalue weighted by atomic mass is 32.2. The van der Waals surface area contributed by atoms with E-state index >= 15 is 0 Å². The molecule has 7 heteroatoms. The summed E-state index contributed by atoms with van der Waals surface area (Å²) in [6, 6.07) is 7.67. The van der Waals surface area contributed by atoms with Crippen molar-refractivity contribution in [2.75, 3.05) is 16.8 Å². The molecule has 2 aromatic rings. The molecule has 1 fully saturated rings. The van der Waals surface area contributed by atoms with Crippen molar-refractivity contribution < 1.29 is 13.2 Å². The van der Waals surface area contributed by atoms with E-state index in [1.54, 1.807) is 0 Å². The number of amides is 1. The van der Waals surface area contributed by atoms with E-state index in [0.717, 1.165) is 10.2 Å². The fourth-order valence-corrected chi connectivity index (χ4v) is 5.14. The van der Waals surface area contributed by atoms with Crippen LogP contribution in [-0.2, 0) is 14.6 Å². The number of benzene rings is 1. The number of hydrogen-bond donors (Lipinski definition) is 1. The van der Waals surface area contributed by atoms with Crippen LogP contribution in [0.25, 0.3) is 10.2 Å². The van der Waals surface area contributed by atoms with Gasteiger partial charge in [0.05, 0.1) is 21.7 Å². The van der Waals surface area contributed by atoms with E-state index in [0.29, 0.717) is 11.6 Å². The summed E-state index contributed by atoms with van der Waals surface area (Å²) in [4.78, 5) is 16.2. The maximum atomic E-state index is 11.9. The van der Waals surface area contributed by atoms with Crippen molar-refractivity contribution in [3.63, 3.8) is 0 Å². The van der Waals surface area contributed by atoms with Crippen molar-refractivity contribution in [1.29, 1.82) is 0 Å². The van der Waals surface area contributed by atoms with Crippen LogP contribution in [0.15, 0.2) is 24.3 Å². The number of rotatable bonds is 3. The second kappa shape index (κ2) is 5.14. The summed E-state index contributed by atoms with van der Waals surface area (Å²) in [5.41, 5.74) is 0.858. The molecular weight excluding hydrogens is 296 g/mol. The minimum atomic E-state index is -2.93. The van der Waals surface area contributed by atoms with Gasteiger partial charge in [0.25, 0.3) is 0 Å². The summed E-state index contributed by atoms with van der Waals surface area (Å²) in [6.45, 7) is 0. The first-order chi connectivity index (χ1) is 9.52. The van der Waals surface area contributed by atoms with Gasteiger partial charge in [-0.25, -0.2) is 13.4 Å². The Morgan fingerprint density at radius 3 is 2.90 bits per heavy atom. The van der Waals surface area contributed by atoms with Crippen LogP contribution in [0.4, 0.5) is 5.13 Å². The largest absolute Gasteiger partial charge is 0.302 e. The lowest BCUT2D eigenvalue weighted by atomic mass is 10.1. The molecule has 0 saturated carbocycles. The minimum Gasteiger partial charge on any atom is -0.302 e. The van der Waals surface area contributed by atoms with Gasteiger partial charge < -0.3 is 5.32 Å². The lowest BCUT2D eigenvalue weighted by Crippen LogP contribution is -2.17. The van der Waals surface area contributed by atoms with Crippen molar-refractivity contribution in [2.24, 2.45) is 5.92 Å². The van der Waals surface area contributed by atoms with Crippen LogP contribution >= 0.6 is 11.3 Å². The summed E-state index contributed by atoms with van der Waals surface area (Å²) in [5, 5.41) is 3.33. The van der Waals surface area contributed by atoms with Gasteiger partial charge in [-0.05, 0) is 24.5 Å². The third-order valence-corrected chi connectivity index (χ3v) is 6.13. The number of aromatic nitrogens is 1. The quantitative estimate of drug-likeness (QED) is 0.941. The normalized spacial score (nSPS) is 21.1. The lowest BCUT2D eigenvalue weighted by Gasteiger charge is -2.06. The number of fused-ring (bicyclic) bond motifs is 1. The predicted octanol–water partition coefficient (Wildman–Crippen LogP) is 2.06. The van der Waals surface area contributed by atoms with Crippen molar-refractivity contribution in [3.8, 4) is 0 Å². The summed E-state index contributed by atoms with van der Waals surface area (Å²) in [7, 11) is -2.93. The molecule has 1 unspecified atom stereocenters. The Morgan fingerprint density at radius 1 is 1.40 bits per heavy atom. The third-order valence-electron chi connectivity index (χ3n) is 3.34. The number of anilines is 1. The Bertz CT molecular complexity index is 719. The zero-order valence-electron chi connectivity index (χ0n) is 10.7. The molecule has 1 atom stereocenters. The topological polar surface area (TPSA) is 76.1 Å². The van der Waals surface area contributed by atoms with E-state index in [-0.39, 0.29) is 29.8 Å². The molecule has 106 valence electrons. The molecule has 20 heavy (non-hydrogen) atoms. The van der Waals surface area contributed by atoms with Gasteiger partial charge in [-0.3, -0.25) is 4.79 Å². The highest BCUT2D eigenvalue weighted by molar-refractivity contribution is 7.91. The van der Waals surface area contributed by atoms with Crippen molar-refractivity contribution in [2.45, 2.75) is 12.8 Å². The first-order valence-corrected chi connectivity index (χ1v) is 9.01. The molecule has 1 amide bonds. The van der Waals surface area contributed by atoms with Gasteiger partial charge >= 0.3 is 0 Å². The van der Waals surface area contributed by atoms with Crippen molar-refractivity contribution >= 4 is 42.4 Å². The molecular formula is C13H14N2O3S2. The maximum Gasteiger partial charge on any atom is 0.226 e. The first kappa shape index (κ1) is 13.5. The molecule has 0 radical (unpaired) electrons. The van der Waals surface area contributed by atoms with Gasteiger partial charge in [-0.1, -0.05) is 23.5 Å². The highest BCUT2D eigenvalue weighted by Crippen LogP contribution is 2.26. The van der Waals surface area contributed by atoms with Gasteiger partial charge in [0, 0.05) is 6.42 Å². The second-order valence-electron chi connectivity index (χ2n) is 5.01. The van der Waals surface area contributed by atoms with Gasteiger partial charge in [-0.15, -0.1) is 0 Å². The molecule has 3 rings (SSSR count). The smallest absolute Gasteiger partial charge is 0.226 e. The standard InChI is InChI=1S/C13H14N2O3S2/c16-12(7-9-5-6-20(17,18)8-9)15-13-14-10-3-1-2-4-11(10)19-13/h1-4,9H,5-8H2,(H,14,15,16). The number of nitrogens with zero attached hydrogens (tertiary/aromatic N) is 1. The number of thiazole rings is 1. The third kappa shape index (κ3) is 2.99. The number of carbonyl (C=O) groups is 1. The van der Waals surface area contributed by atoms with Crippen molar-refractivity contribution in [1.82, 2.24) is 4.98 Å². The van der Waals surface area contributed by atoms with Crippen LogP contribution in [0.1, 0.15) is 12.8 Å². The Kier molecular flexibility index (Phi) is 3.47. The van der Waals surface area contributed by atoms with E-state index in [2.05, 4.69) is 10.3 Å². The molecule has 1 saturated heterocycles. The fraction of sp³-hybridized carbons (Fsp3) is 0.385. The van der Waals surface area contributed by atoms with Crippen LogP contribution in [0.2, 0.25) is 0 Å². The molecule has 0 spiro atoms. The van der Waals surface area contributed by atoms with Gasteiger partial charge in [0.15, 0.2) is 15.0 Å². The summed E-state index contributed by atoms with van der Waals surface area (Å²) in [6.07, 6.45) is 0.824. The summed E-state index contributed by atoms with van der Waals surface area (Å²) in [5.74, 6) is 0.104. The molecule has 0 bridgehead atoms. The number of hydrogen-bond acceptors (Lipinski definition) is 5. The Balaban J connectivity index is 1.64. The molecule has 1 N–H and O–H groups in total. The average Bonchev–Trinajstić information content (AvgIpc) is 2.91. The molecule has 1 aromatic carbocycles.